The maximum Gasteiger partial charge on any atom is 0.277 e. The summed E-state index contributed by atoms with van der Waals surface area (Å²) in [5.74, 6) is -0.781. The molecule has 12 nitrogen and oxygen atoms in total. The lowest BCUT2D eigenvalue weighted by Gasteiger charge is -2.17. The first-order valence-electron chi connectivity index (χ1n) is 11.6. The third-order valence-corrected chi connectivity index (χ3v) is 6.51. The summed E-state index contributed by atoms with van der Waals surface area (Å²) in [6, 6.07) is 18.5. The summed E-state index contributed by atoms with van der Waals surface area (Å²) >= 11 is 1.38. The van der Waals surface area contributed by atoms with Crippen LogP contribution in [-0.2, 0) is 10.5 Å². The Labute approximate surface area is 228 Å². The van der Waals surface area contributed by atoms with Gasteiger partial charge in [-0.15, -0.1) is 0 Å². The molecule has 0 bridgehead atoms. The molecule has 1 atom stereocenters. The summed E-state index contributed by atoms with van der Waals surface area (Å²) < 4.78 is 0. The minimum absolute atomic E-state index is 0.149. The van der Waals surface area contributed by atoms with Crippen LogP contribution in [0.25, 0.3) is 0 Å². The monoisotopic (exact) mass is 550 g/mol. The van der Waals surface area contributed by atoms with Crippen LogP contribution in [-0.4, -0.2) is 53.8 Å². The van der Waals surface area contributed by atoms with Crippen LogP contribution in [0.5, 0.6) is 0 Å². The third-order valence-electron chi connectivity index (χ3n) is 5.40. The number of nitrogens with one attached hydrogen (secondary N) is 2. The van der Waals surface area contributed by atoms with E-state index in [-0.39, 0.29) is 11.3 Å². The van der Waals surface area contributed by atoms with Gasteiger partial charge in [-0.05, 0) is 23.3 Å². The van der Waals surface area contributed by atoms with E-state index in [0.29, 0.717) is 5.75 Å². The van der Waals surface area contributed by atoms with E-state index in [2.05, 4.69) is 15.8 Å². The minimum atomic E-state index is -1.09. The Kier molecular flexibility index (Phi) is 10.1. The number of nitro groups is 2. The molecule has 0 aromatic heterocycles. The number of non-ortho nitro benzene ring substituents is 2. The molecule has 0 heterocycles. The highest BCUT2D eigenvalue weighted by Gasteiger charge is 2.25. The summed E-state index contributed by atoms with van der Waals surface area (Å²) in [6.07, 6.45) is 1.46. The molecule has 0 saturated heterocycles. The number of carbonyl (C=O) groups excluding carboxylic acids is 2. The van der Waals surface area contributed by atoms with Gasteiger partial charge in [0, 0.05) is 43.4 Å². The number of rotatable bonds is 12. The molecule has 0 fully saturated rings. The van der Waals surface area contributed by atoms with Crippen molar-refractivity contribution in [1.29, 1.82) is 0 Å². The molecule has 3 aromatic rings. The van der Waals surface area contributed by atoms with Gasteiger partial charge in [-0.25, -0.2) is 5.43 Å². The fourth-order valence-electron chi connectivity index (χ4n) is 3.34. The van der Waals surface area contributed by atoms with E-state index in [1.54, 1.807) is 0 Å². The Balaban J connectivity index is 1.75. The number of hydrogen-bond donors (Lipinski definition) is 2. The maximum atomic E-state index is 13.0. The highest BCUT2D eigenvalue weighted by molar-refractivity contribution is 7.98. The molecule has 39 heavy (non-hydrogen) atoms. The van der Waals surface area contributed by atoms with Crippen LogP contribution in [0.1, 0.15) is 21.5 Å². The van der Waals surface area contributed by atoms with Crippen LogP contribution >= 0.6 is 11.8 Å². The van der Waals surface area contributed by atoms with Gasteiger partial charge in [-0.1, -0.05) is 42.5 Å². The second-order valence-corrected chi connectivity index (χ2v) is 9.53. The normalized spacial score (nSPS) is 11.5. The average Bonchev–Trinajstić information content (AvgIpc) is 2.92. The Morgan fingerprint density at radius 1 is 0.974 bits per heavy atom. The highest BCUT2D eigenvalue weighted by Crippen LogP contribution is 2.23. The number of thioether (sulfide) groups is 1. The first-order chi connectivity index (χ1) is 18.6. The number of anilines is 1. The zero-order chi connectivity index (χ0) is 28.4. The molecule has 0 aliphatic carbocycles. The van der Waals surface area contributed by atoms with Crippen molar-refractivity contribution < 1.29 is 19.4 Å². The van der Waals surface area contributed by atoms with Crippen molar-refractivity contribution in [3.05, 3.63) is 110 Å². The van der Waals surface area contributed by atoms with Gasteiger partial charge in [-0.2, -0.15) is 16.9 Å². The largest absolute Gasteiger partial charge is 0.378 e. The molecule has 1 unspecified atom stereocenters. The number of hydrazone groups is 1. The molecule has 13 heteroatoms. The summed E-state index contributed by atoms with van der Waals surface area (Å²) in [5, 5.41) is 28.9. The highest BCUT2D eigenvalue weighted by atomic mass is 32.2. The second-order valence-electron chi connectivity index (χ2n) is 8.50. The van der Waals surface area contributed by atoms with Crippen LogP contribution in [0.2, 0.25) is 0 Å². The van der Waals surface area contributed by atoms with Crippen LogP contribution in [0.4, 0.5) is 17.1 Å². The minimum Gasteiger partial charge on any atom is -0.378 e. The molecule has 0 aliphatic heterocycles. The van der Waals surface area contributed by atoms with Crippen molar-refractivity contribution in [3.63, 3.8) is 0 Å². The molecule has 3 rings (SSSR count). The van der Waals surface area contributed by atoms with E-state index >= 15 is 0 Å². The van der Waals surface area contributed by atoms with Crippen LogP contribution in [0.15, 0.2) is 77.9 Å². The van der Waals surface area contributed by atoms with Gasteiger partial charge in [0.05, 0.1) is 27.7 Å². The smallest absolute Gasteiger partial charge is 0.277 e. The lowest BCUT2D eigenvalue weighted by molar-refractivity contribution is -0.394. The Bertz CT molecular complexity index is 1330. The number of nitrogens with zero attached hydrogens (tertiary/aromatic N) is 4. The van der Waals surface area contributed by atoms with Crippen molar-refractivity contribution in [2.45, 2.75) is 11.8 Å². The molecule has 0 saturated carbocycles. The fourth-order valence-corrected chi connectivity index (χ4v) is 4.35. The predicted octanol–water partition coefficient (Wildman–Crippen LogP) is 3.75. The quantitative estimate of drug-likeness (QED) is 0.196. The zero-order valence-corrected chi connectivity index (χ0v) is 22.0. The molecule has 2 N–H and O–H groups in total. The van der Waals surface area contributed by atoms with Crippen LogP contribution in [0.3, 0.4) is 0 Å². The second kappa shape index (κ2) is 13.7. The first-order valence-corrected chi connectivity index (χ1v) is 12.8. The predicted molar refractivity (Wildman–Crippen MR) is 150 cm³/mol. The van der Waals surface area contributed by atoms with Crippen LogP contribution in [0, 0.1) is 20.2 Å². The Morgan fingerprint density at radius 3 is 2.15 bits per heavy atom. The van der Waals surface area contributed by atoms with Gasteiger partial charge < -0.3 is 10.2 Å². The first kappa shape index (κ1) is 28.8. The number of amides is 2. The van der Waals surface area contributed by atoms with Crippen molar-refractivity contribution >= 4 is 46.9 Å². The fraction of sp³-hybridized carbons (Fsp3) is 0.192. The Morgan fingerprint density at radius 2 is 1.59 bits per heavy atom. The number of carbonyl (C=O) groups is 2. The molecule has 3 aromatic carbocycles. The maximum absolute atomic E-state index is 13.0. The SMILES string of the molecule is CN(C)c1ccc(C=NNC(=O)C(CSCc2ccccc2)NC(=O)c2cc([N+](=O)[O-])cc([N+](=O)[O-])c2)cc1. The molecule has 0 radical (unpaired) electrons. The topological polar surface area (TPSA) is 160 Å². The lowest BCUT2D eigenvalue weighted by atomic mass is 10.1. The molecule has 0 aliphatic rings. The van der Waals surface area contributed by atoms with E-state index in [0.717, 1.165) is 35.0 Å². The van der Waals surface area contributed by atoms with Gasteiger partial charge >= 0.3 is 0 Å². The Hall–Kier alpha value is -4.78. The number of nitro benzene ring substituents is 2. The van der Waals surface area contributed by atoms with Gasteiger partial charge in [0.1, 0.15) is 6.04 Å². The summed E-state index contributed by atoms with van der Waals surface area (Å²) in [7, 11) is 3.83. The average molecular weight is 551 g/mol. The van der Waals surface area contributed by atoms with Gasteiger partial charge in [-0.3, -0.25) is 29.8 Å². The van der Waals surface area contributed by atoms with Crippen molar-refractivity contribution in [3.8, 4) is 0 Å². The standard InChI is InChI=1S/C26H26N6O6S/c1-30(2)21-10-8-18(9-11-21)15-27-29-26(34)24(17-39-16-19-6-4-3-5-7-19)28-25(33)20-12-22(31(35)36)14-23(13-20)32(37)38/h3-15,24H,16-17H2,1-2H3,(H,28,33)(H,29,34). The van der Waals surface area contributed by atoms with E-state index in [9.17, 15) is 29.8 Å². The van der Waals surface area contributed by atoms with E-state index < -0.39 is 39.1 Å². The third kappa shape index (κ3) is 8.64. The lowest BCUT2D eigenvalue weighted by Crippen LogP contribution is -2.47. The molecule has 0 spiro atoms. The van der Waals surface area contributed by atoms with Crippen LogP contribution < -0.4 is 15.6 Å². The van der Waals surface area contributed by atoms with Crippen molar-refractivity contribution in [2.75, 3.05) is 24.7 Å². The van der Waals surface area contributed by atoms with Crippen molar-refractivity contribution in [2.24, 2.45) is 5.10 Å². The number of benzene rings is 3. The number of hydrogen-bond acceptors (Lipinski definition) is 9. The molecule has 202 valence electrons. The zero-order valence-electron chi connectivity index (χ0n) is 21.1. The van der Waals surface area contributed by atoms with Gasteiger partial charge in [0.25, 0.3) is 23.2 Å². The van der Waals surface area contributed by atoms with E-state index in [1.165, 1.54) is 18.0 Å². The molecular weight excluding hydrogens is 524 g/mol. The summed E-state index contributed by atoms with van der Waals surface area (Å²) in [6.45, 7) is 0. The van der Waals surface area contributed by atoms with Gasteiger partial charge in [0.2, 0.25) is 0 Å². The summed E-state index contributed by atoms with van der Waals surface area (Å²) in [5.41, 5.74) is 3.62. The van der Waals surface area contributed by atoms with Gasteiger partial charge in [0.15, 0.2) is 0 Å². The van der Waals surface area contributed by atoms with E-state index in [1.807, 2.05) is 73.6 Å². The van der Waals surface area contributed by atoms with E-state index in [4.69, 9.17) is 0 Å². The van der Waals surface area contributed by atoms with Crippen molar-refractivity contribution in [1.82, 2.24) is 10.7 Å². The molecule has 2 amide bonds. The summed E-state index contributed by atoms with van der Waals surface area (Å²) in [4.78, 5) is 48.6. The molecular formula is C26H26N6O6S.